The van der Waals surface area contributed by atoms with Crippen LogP contribution in [0.25, 0.3) is 11.0 Å². The van der Waals surface area contributed by atoms with E-state index in [1.807, 2.05) is 0 Å². The zero-order valence-electron chi connectivity index (χ0n) is 10.2. The first kappa shape index (κ1) is 12.9. The Hall–Kier alpha value is -2.06. The summed E-state index contributed by atoms with van der Waals surface area (Å²) in [5.41, 5.74) is 6.25. The lowest BCUT2D eigenvalue weighted by Crippen LogP contribution is -2.27. The SMILES string of the molecule is Nc1nccc2c1ncn2[C@@H]1CC(=C(F)F)[C@@H](O)[C@H]1O. The monoisotopic (exact) mass is 282 g/mol. The molecule has 3 rings (SSSR count). The minimum absolute atomic E-state index is 0.141. The highest BCUT2D eigenvalue weighted by atomic mass is 19.3. The van der Waals surface area contributed by atoms with Gasteiger partial charge in [-0.2, -0.15) is 8.78 Å². The first-order valence-corrected chi connectivity index (χ1v) is 5.98. The number of halogens is 2. The summed E-state index contributed by atoms with van der Waals surface area (Å²) in [6.45, 7) is 0. The van der Waals surface area contributed by atoms with Crippen LogP contribution in [0.2, 0.25) is 0 Å². The van der Waals surface area contributed by atoms with Crippen LogP contribution >= 0.6 is 0 Å². The molecule has 0 radical (unpaired) electrons. The van der Waals surface area contributed by atoms with Crippen LogP contribution < -0.4 is 5.73 Å². The maximum absolute atomic E-state index is 12.7. The van der Waals surface area contributed by atoms with Gasteiger partial charge in [0.05, 0.1) is 17.9 Å². The molecule has 0 aromatic carbocycles. The molecule has 8 heteroatoms. The Labute approximate surface area is 112 Å². The molecule has 106 valence electrons. The molecule has 1 saturated carbocycles. The van der Waals surface area contributed by atoms with Crippen molar-refractivity contribution in [2.24, 2.45) is 0 Å². The number of nitrogen functional groups attached to an aromatic ring is 1. The lowest BCUT2D eigenvalue weighted by Gasteiger charge is -2.18. The summed E-state index contributed by atoms with van der Waals surface area (Å²) >= 11 is 0. The molecule has 6 nitrogen and oxygen atoms in total. The average Bonchev–Trinajstić information content (AvgIpc) is 2.94. The summed E-state index contributed by atoms with van der Waals surface area (Å²) in [7, 11) is 0. The van der Waals surface area contributed by atoms with Crippen LogP contribution in [-0.2, 0) is 0 Å². The molecule has 0 amide bonds. The fourth-order valence-electron chi connectivity index (χ4n) is 2.58. The first-order valence-electron chi connectivity index (χ1n) is 5.98. The number of anilines is 1. The smallest absolute Gasteiger partial charge is 0.272 e. The van der Waals surface area contributed by atoms with Crippen molar-refractivity contribution < 1.29 is 19.0 Å². The number of rotatable bonds is 1. The molecule has 0 saturated heterocycles. The van der Waals surface area contributed by atoms with Crippen LogP contribution in [0, 0.1) is 0 Å². The average molecular weight is 282 g/mol. The molecule has 4 N–H and O–H groups in total. The molecule has 1 fully saturated rings. The van der Waals surface area contributed by atoms with Crippen LogP contribution in [0.4, 0.5) is 14.6 Å². The lowest BCUT2D eigenvalue weighted by atomic mass is 10.2. The number of fused-ring (bicyclic) bond motifs is 1. The van der Waals surface area contributed by atoms with Crippen LogP contribution in [-0.4, -0.2) is 37.0 Å². The summed E-state index contributed by atoms with van der Waals surface area (Å²) in [5, 5.41) is 19.6. The van der Waals surface area contributed by atoms with Gasteiger partial charge in [0.2, 0.25) is 0 Å². The van der Waals surface area contributed by atoms with E-state index >= 15 is 0 Å². The van der Waals surface area contributed by atoms with E-state index in [4.69, 9.17) is 5.73 Å². The highest BCUT2D eigenvalue weighted by Gasteiger charge is 2.41. The number of imidazole rings is 1. The second-order valence-electron chi connectivity index (χ2n) is 4.71. The largest absolute Gasteiger partial charge is 0.388 e. The molecular weight excluding hydrogens is 270 g/mol. The predicted molar refractivity (Wildman–Crippen MR) is 66.8 cm³/mol. The van der Waals surface area contributed by atoms with Crippen LogP contribution in [0.5, 0.6) is 0 Å². The van der Waals surface area contributed by atoms with E-state index in [1.165, 1.54) is 17.1 Å². The number of nitrogens with two attached hydrogens (primary N) is 1. The number of aliphatic hydroxyl groups excluding tert-OH is 2. The number of hydrogen-bond acceptors (Lipinski definition) is 5. The van der Waals surface area contributed by atoms with E-state index in [-0.39, 0.29) is 12.2 Å². The number of aromatic nitrogens is 3. The van der Waals surface area contributed by atoms with Gasteiger partial charge in [0, 0.05) is 11.8 Å². The molecule has 1 aliphatic carbocycles. The fraction of sp³-hybridized carbons (Fsp3) is 0.333. The van der Waals surface area contributed by atoms with E-state index in [1.54, 1.807) is 6.07 Å². The highest BCUT2D eigenvalue weighted by molar-refractivity contribution is 5.84. The summed E-state index contributed by atoms with van der Waals surface area (Å²) in [5.74, 6) is 0.224. The lowest BCUT2D eigenvalue weighted by molar-refractivity contribution is 0.0346. The fourth-order valence-corrected chi connectivity index (χ4v) is 2.58. The predicted octanol–water partition coefficient (Wildman–Crippen LogP) is 0.831. The van der Waals surface area contributed by atoms with Crippen molar-refractivity contribution in [2.75, 3.05) is 5.73 Å². The first-order chi connectivity index (χ1) is 9.50. The quantitative estimate of drug-likeness (QED) is 0.720. The summed E-state index contributed by atoms with van der Waals surface area (Å²) < 4.78 is 27.0. The van der Waals surface area contributed by atoms with E-state index in [0.717, 1.165) is 0 Å². The molecule has 3 atom stereocenters. The van der Waals surface area contributed by atoms with Gasteiger partial charge in [-0.05, 0) is 12.5 Å². The Bertz CT molecular complexity index is 696. The van der Waals surface area contributed by atoms with Gasteiger partial charge >= 0.3 is 0 Å². The maximum atomic E-state index is 12.7. The van der Waals surface area contributed by atoms with Gasteiger partial charge in [0.25, 0.3) is 6.08 Å². The standard InChI is InChI=1S/C12H12F2N4O2/c13-11(14)5-3-7(10(20)9(5)19)18-4-17-8-6(18)1-2-16-12(8)15/h1-2,4,7,9-10,19-20H,3H2,(H2,15,16)/t7-,9-,10+/m1/s1. The number of nitrogens with zero attached hydrogens (tertiary/aromatic N) is 3. The van der Waals surface area contributed by atoms with E-state index in [2.05, 4.69) is 9.97 Å². The minimum atomic E-state index is -1.95. The van der Waals surface area contributed by atoms with Crippen LogP contribution in [0.15, 0.2) is 30.2 Å². The number of pyridine rings is 1. The number of hydrogen-bond donors (Lipinski definition) is 3. The normalized spacial score (nSPS) is 26.4. The van der Waals surface area contributed by atoms with Crippen LogP contribution in [0.3, 0.4) is 0 Å². The second-order valence-corrected chi connectivity index (χ2v) is 4.71. The molecule has 2 aromatic heterocycles. The third-order valence-corrected chi connectivity index (χ3v) is 3.62. The van der Waals surface area contributed by atoms with Gasteiger partial charge in [-0.3, -0.25) is 0 Å². The molecule has 0 spiro atoms. The molecule has 0 unspecified atom stereocenters. The van der Waals surface area contributed by atoms with Crippen molar-refractivity contribution in [2.45, 2.75) is 24.7 Å². The van der Waals surface area contributed by atoms with Crippen molar-refractivity contribution in [3.8, 4) is 0 Å². The molecule has 2 heterocycles. The van der Waals surface area contributed by atoms with Crippen molar-refractivity contribution >= 4 is 16.9 Å². The molecule has 0 aliphatic heterocycles. The van der Waals surface area contributed by atoms with E-state index < -0.39 is 29.9 Å². The van der Waals surface area contributed by atoms with Gasteiger partial charge in [0.1, 0.15) is 17.7 Å². The van der Waals surface area contributed by atoms with Gasteiger partial charge in [0.15, 0.2) is 5.82 Å². The Morgan fingerprint density at radius 2 is 2.10 bits per heavy atom. The highest BCUT2D eigenvalue weighted by Crippen LogP contribution is 2.38. The third kappa shape index (κ3) is 1.76. The van der Waals surface area contributed by atoms with Crippen molar-refractivity contribution in [3.05, 3.63) is 30.2 Å². The van der Waals surface area contributed by atoms with Crippen molar-refractivity contribution in [3.63, 3.8) is 0 Å². The molecular formula is C12H12F2N4O2. The summed E-state index contributed by atoms with van der Waals surface area (Å²) in [6, 6.07) is 0.916. The number of aliphatic hydroxyl groups is 2. The van der Waals surface area contributed by atoms with Crippen molar-refractivity contribution in [1.29, 1.82) is 0 Å². The Morgan fingerprint density at radius 3 is 2.75 bits per heavy atom. The maximum Gasteiger partial charge on any atom is 0.272 e. The Balaban J connectivity index is 2.09. The van der Waals surface area contributed by atoms with Gasteiger partial charge < -0.3 is 20.5 Å². The zero-order chi connectivity index (χ0) is 14.4. The van der Waals surface area contributed by atoms with Gasteiger partial charge in [-0.15, -0.1) is 0 Å². The minimum Gasteiger partial charge on any atom is -0.388 e. The van der Waals surface area contributed by atoms with E-state index in [0.29, 0.717) is 11.0 Å². The molecule has 20 heavy (non-hydrogen) atoms. The zero-order valence-corrected chi connectivity index (χ0v) is 10.2. The molecule has 2 aromatic rings. The Kier molecular flexibility index (Phi) is 2.91. The summed E-state index contributed by atoms with van der Waals surface area (Å²) in [4.78, 5) is 7.96. The van der Waals surface area contributed by atoms with Gasteiger partial charge in [-0.1, -0.05) is 0 Å². The Morgan fingerprint density at radius 1 is 1.35 bits per heavy atom. The summed E-state index contributed by atoms with van der Waals surface area (Å²) in [6.07, 6.45) is -2.11. The molecule has 1 aliphatic rings. The third-order valence-electron chi connectivity index (χ3n) is 3.62. The van der Waals surface area contributed by atoms with Gasteiger partial charge in [-0.25, -0.2) is 9.97 Å². The van der Waals surface area contributed by atoms with E-state index in [9.17, 15) is 19.0 Å². The second kappa shape index (κ2) is 4.50. The topological polar surface area (TPSA) is 97.2 Å². The van der Waals surface area contributed by atoms with Crippen LogP contribution in [0.1, 0.15) is 12.5 Å². The molecule has 0 bridgehead atoms. The van der Waals surface area contributed by atoms with Crippen molar-refractivity contribution in [1.82, 2.24) is 14.5 Å².